The summed E-state index contributed by atoms with van der Waals surface area (Å²) in [5.74, 6) is -1.59. The molecule has 20 heavy (non-hydrogen) atoms. The Kier molecular flexibility index (Phi) is 4.65. The number of hydrogen-bond donors (Lipinski definition) is 2. The molecule has 1 heterocycles. The topological polar surface area (TPSA) is 41.1 Å². The second kappa shape index (κ2) is 6.26. The molecule has 0 saturated carbocycles. The molecule has 0 aliphatic carbocycles. The van der Waals surface area contributed by atoms with Crippen molar-refractivity contribution in [1.29, 1.82) is 0 Å². The standard InChI is InChI=1S/C14H17F3N2O/c15-14(16,17)11-6-7-12(18-9-11)13(20)19-8-10-4-2-1-3-5-10/h1-5,11-12,18H,6-9H2,(H,19,20). The summed E-state index contributed by atoms with van der Waals surface area (Å²) in [5.41, 5.74) is 0.963. The molecule has 2 unspecified atom stereocenters. The van der Waals surface area contributed by atoms with Crippen LogP contribution in [-0.4, -0.2) is 24.7 Å². The van der Waals surface area contributed by atoms with Gasteiger partial charge in [0.25, 0.3) is 0 Å². The summed E-state index contributed by atoms with van der Waals surface area (Å²) in [6.45, 7) is 0.202. The monoisotopic (exact) mass is 286 g/mol. The van der Waals surface area contributed by atoms with Crippen molar-refractivity contribution in [3.8, 4) is 0 Å². The molecule has 1 aliphatic heterocycles. The van der Waals surface area contributed by atoms with E-state index in [1.165, 1.54) is 0 Å². The maximum absolute atomic E-state index is 12.5. The number of rotatable bonds is 3. The predicted octanol–water partition coefficient (Wildman–Crippen LogP) is 2.23. The highest BCUT2D eigenvalue weighted by Crippen LogP contribution is 2.31. The third-order valence-corrected chi connectivity index (χ3v) is 3.50. The van der Waals surface area contributed by atoms with E-state index in [0.717, 1.165) is 5.56 Å². The zero-order chi connectivity index (χ0) is 14.6. The molecule has 1 aromatic rings. The first-order chi connectivity index (χ1) is 9.47. The SMILES string of the molecule is O=C(NCc1ccccc1)C1CCC(C(F)(F)F)CN1. The van der Waals surface area contributed by atoms with Gasteiger partial charge in [-0.2, -0.15) is 13.2 Å². The maximum Gasteiger partial charge on any atom is 0.393 e. The lowest BCUT2D eigenvalue weighted by atomic mass is 9.94. The van der Waals surface area contributed by atoms with Crippen molar-refractivity contribution in [3.63, 3.8) is 0 Å². The average molecular weight is 286 g/mol. The molecule has 1 amide bonds. The van der Waals surface area contributed by atoms with E-state index in [0.29, 0.717) is 6.54 Å². The summed E-state index contributed by atoms with van der Waals surface area (Å²) < 4.78 is 37.5. The molecule has 0 spiro atoms. The smallest absolute Gasteiger partial charge is 0.351 e. The molecule has 2 atom stereocenters. The van der Waals surface area contributed by atoms with E-state index in [1.807, 2.05) is 30.3 Å². The number of alkyl halides is 3. The van der Waals surface area contributed by atoms with Gasteiger partial charge in [-0.25, -0.2) is 0 Å². The van der Waals surface area contributed by atoms with Gasteiger partial charge in [0.1, 0.15) is 0 Å². The van der Waals surface area contributed by atoms with Crippen molar-refractivity contribution >= 4 is 5.91 Å². The van der Waals surface area contributed by atoms with Crippen molar-refractivity contribution in [2.75, 3.05) is 6.54 Å². The molecule has 6 heteroatoms. The van der Waals surface area contributed by atoms with E-state index in [9.17, 15) is 18.0 Å². The fourth-order valence-corrected chi connectivity index (χ4v) is 2.27. The van der Waals surface area contributed by atoms with Crippen LogP contribution < -0.4 is 10.6 Å². The van der Waals surface area contributed by atoms with Gasteiger partial charge in [-0.3, -0.25) is 4.79 Å². The normalized spacial score (nSPS) is 23.4. The minimum absolute atomic E-state index is 0.0000757. The quantitative estimate of drug-likeness (QED) is 0.894. The fourth-order valence-electron chi connectivity index (χ4n) is 2.27. The molecule has 0 radical (unpaired) electrons. The first-order valence-corrected chi connectivity index (χ1v) is 6.58. The van der Waals surface area contributed by atoms with Gasteiger partial charge in [0.15, 0.2) is 0 Å². The van der Waals surface area contributed by atoms with Crippen molar-refractivity contribution in [2.24, 2.45) is 5.92 Å². The number of nitrogens with one attached hydrogen (secondary N) is 2. The minimum atomic E-state index is -4.18. The fraction of sp³-hybridized carbons (Fsp3) is 0.500. The first kappa shape index (κ1) is 14.8. The number of amides is 1. The zero-order valence-electron chi connectivity index (χ0n) is 10.9. The Morgan fingerprint density at radius 2 is 1.95 bits per heavy atom. The van der Waals surface area contributed by atoms with Crippen LogP contribution in [0.25, 0.3) is 0 Å². The number of carbonyl (C=O) groups excluding carboxylic acids is 1. The highest BCUT2D eigenvalue weighted by atomic mass is 19.4. The highest BCUT2D eigenvalue weighted by Gasteiger charge is 2.42. The Morgan fingerprint density at radius 3 is 2.50 bits per heavy atom. The Labute approximate surface area is 115 Å². The molecule has 110 valence electrons. The lowest BCUT2D eigenvalue weighted by Crippen LogP contribution is -2.51. The second-order valence-electron chi connectivity index (χ2n) is 4.98. The van der Waals surface area contributed by atoms with E-state index < -0.39 is 18.1 Å². The number of benzene rings is 1. The maximum atomic E-state index is 12.5. The molecule has 2 rings (SSSR count). The summed E-state index contributed by atoms with van der Waals surface area (Å²) >= 11 is 0. The molecule has 1 saturated heterocycles. The Balaban J connectivity index is 1.78. The van der Waals surface area contributed by atoms with Crippen LogP contribution in [-0.2, 0) is 11.3 Å². The molecule has 3 nitrogen and oxygen atoms in total. The molecule has 0 aromatic heterocycles. The van der Waals surface area contributed by atoms with E-state index >= 15 is 0 Å². The highest BCUT2D eigenvalue weighted by molar-refractivity contribution is 5.81. The first-order valence-electron chi connectivity index (χ1n) is 6.58. The minimum Gasteiger partial charge on any atom is -0.351 e. The van der Waals surface area contributed by atoms with Crippen LogP contribution >= 0.6 is 0 Å². The Morgan fingerprint density at radius 1 is 1.25 bits per heavy atom. The van der Waals surface area contributed by atoms with Gasteiger partial charge in [0, 0.05) is 13.1 Å². The third kappa shape index (κ3) is 3.96. The lowest BCUT2D eigenvalue weighted by molar-refractivity contribution is -0.180. The van der Waals surface area contributed by atoms with Crippen LogP contribution in [0.2, 0.25) is 0 Å². The number of hydrogen-bond acceptors (Lipinski definition) is 2. The molecule has 1 aliphatic rings. The summed E-state index contributed by atoms with van der Waals surface area (Å²) in [5, 5.41) is 5.42. The van der Waals surface area contributed by atoms with Crippen LogP contribution in [0.1, 0.15) is 18.4 Å². The summed E-state index contributed by atoms with van der Waals surface area (Å²) in [7, 11) is 0. The molecule has 1 fully saturated rings. The molecular formula is C14H17F3N2O. The van der Waals surface area contributed by atoms with E-state index in [1.54, 1.807) is 0 Å². The number of halogens is 3. The van der Waals surface area contributed by atoms with Gasteiger partial charge >= 0.3 is 6.18 Å². The lowest BCUT2D eigenvalue weighted by Gasteiger charge is -2.30. The Hall–Kier alpha value is -1.56. The van der Waals surface area contributed by atoms with Gasteiger partial charge in [-0.1, -0.05) is 30.3 Å². The van der Waals surface area contributed by atoms with Gasteiger partial charge in [-0.15, -0.1) is 0 Å². The molecule has 2 N–H and O–H groups in total. The van der Waals surface area contributed by atoms with Gasteiger partial charge in [0.2, 0.25) is 5.91 Å². The summed E-state index contributed by atoms with van der Waals surface area (Å²) in [6, 6.07) is 8.86. The zero-order valence-corrected chi connectivity index (χ0v) is 10.9. The third-order valence-electron chi connectivity index (χ3n) is 3.50. The largest absolute Gasteiger partial charge is 0.393 e. The van der Waals surface area contributed by atoms with Crippen LogP contribution in [0, 0.1) is 5.92 Å². The number of piperidine rings is 1. The summed E-state index contributed by atoms with van der Waals surface area (Å²) in [6.07, 6.45) is -3.97. The van der Waals surface area contributed by atoms with E-state index in [-0.39, 0.29) is 25.3 Å². The summed E-state index contributed by atoms with van der Waals surface area (Å²) in [4.78, 5) is 11.9. The van der Waals surface area contributed by atoms with Crippen LogP contribution in [0.4, 0.5) is 13.2 Å². The van der Waals surface area contributed by atoms with Crippen molar-refractivity contribution in [1.82, 2.24) is 10.6 Å². The Bertz CT molecular complexity index is 439. The number of carbonyl (C=O) groups is 1. The van der Waals surface area contributed by atoms with Crippen molar-refractivity contribution < 1.29 is 18.0 Å². The molecule has 1 aromatic carbocycles. The second-order valence-corrected chi connectivity index (χ2v) is 4.98. The van der Waals surface area contributed by atoms with Crippen molar-refractivity contribution in [3.05, 3.63) is 35.9 Å². The van der Waals surface area contributed by atoms with Crippen molar-refractivity contribution in [2.45, 2.75) is 31.6 Å². The molecular weight excluding hydrogens is 269 g/mol. The van der Waals surface area contributed by atoms with Crippen LogP contribution in [0.5, 0.6) is 0 Å². The van der Waals surface area contributed by atoms with Gasteiger partial charge < -0.3 is 10.6 Å². The molecule has 0 bridgehead atoms. The van der Waals surface area contributed by atoms with E-state index in [4.69, 9.17) is 0 Å². The van der Waals surface area contributed by atoms with Gasteiger partial charge in [-0.05, 0) is 18.4 Å². The van der Waals surface area contributed by atoms with E-state index in [2.05, 4.69) is 10.6 Å². The van der Waals surface area contributed by atoms with Crippen LogP contribution in [0.15, 0.2) is 30.3 Å². The average Bonchev–Trinajstić information content (AvgIpc) is 2.45. The van der Waals surface area contributed by atoms with Gasteiger partial charge in [0.05, 0.1) is 12.0 Å². The predicted molar refractivity (Wildman–Crippen MR) is 68.9 cm³/mol. The van der Waals surface area contributed by atoms with Crippen LogP contribution in [0.3, 0.4) is 0 Å².